The Hall–Kier alpha value is -1.74. The lowest BCUT2D eigenvalue weighted by atomic mass is 10.2. The van der Waals surface area contributed by atoms with Gasteiger partial charge in [-0.05, 0) is 32.3 Å². The van der Waals surface area contributed by atoms with Crippen molar-refractivity contribution in [2.24, 2.45) is 0 Å². The number of nitrogens with one attached hydrogen (secondary N) is 1. The van der Waals surface area contributed by atoms with E-state index >= 15 is 0 Å². The Labute approximate surface area is 163 Å². The van der Waals surface area contributed by atoms with Crippen molar-refractivity contribution in [3.05, 3.63) is 33.3 Å². The van der Waals surface area contributed by atoms with Gasteiger partial charge in [0.15, 0.2) is 5.69 Å². The zero-order valence-electron chi connectivity index (χ0n) is 14.5. The maximum Gasteiger partial charge on any atom is 0.435 e. The van der Waals surface area contributed by atoms with Crippen molar-refractivity contribution in [3.63, 3.8) is 0 Å². The third-order valence-corrected chi connectivity index (χ3v) is 5.19. The molecule has 1 saturated carbocycles. The molecule has 2 heterocycles. The Bertz CT molecular complexity index is 842. The summed E-state index contributed by atoms with van der Waals surface area (Å²) in [7, 11) is 0. The molecule has 3 rings (SSSR count). The molecule has 1 N–H and O–H groups in total. The van der Waals surface area contributed by atoms with Gasteiger partial charge >= 0.3 is 6.18 Å². The highest BCUT2D eigenvalue weighted by Crippen LogP contribution is 2.42. The molecule has 2 aromatic rings. The quantitative estimate of drug-likeness (QED) is 0.688. The molecule has 148 valence electrons. The number of carbonyl (C=O) groups excluding carboxylic acids is 1. The van der Waals surface area contributed by atoms with Crippen LogP contribution in [0.3, 0.4) is 0 Å². The SMILES string of the molecule is Cc1nn(CCCNC(=O)Cn2nc(C(F)(F)F)cc2C2CC2)c(Cl)c1Cl. The van der Waals surface area contributed by atoms with Crippen LogP contribution in [0.15, 0.2) is 6.07 Å². The van der Waals surface area contributed by atoms with E-state index in [0.717, 1.165) is 23.6 Å². The lowest BCUT2D eigenvalue weighted by Gasteiger charge is -2.08. The van der Waals surface area contributed by atoms with E-state index in [0.29, 0.717) is 41.1 Å². The Kier molecular flexibility index (Phi) is 5.71. The molecule has 0 atom stereocenters. The molecule has 0 saturated heterocycles. The number of aryl methyl sites for hydroxylation is 2. The minimum atomic E-state index is -4.52. The van der Waals surface area contributed by atoms with Crippen LogP contribution in [0, 0.1) is 6.92 Å². The van der Waals surface area contributed by atoms with Crippen molar-refractivity contribution in [2.45, 2.75) is 51.4 Å². The number of hydrogen-bond acceptors (Lipinski definition) is 3. The van der Waals surface area contributed by atoms with Gasteiger partial charge in [0.2, 0.25) is 5.91 Å². The van der Waals surface area contributed by atoms with E-state index in [9.17, 15) is 18.0 Å². The van der Waals surface area contributed by atoms with Crippen LogP contribution in [0.5, 0.6) is 0 Å². The van der Waals surface area contributed by atoms with Gasteiger partial charge in [0, 0.05) is 24.7 Å². The average Bonchev–Trinajstić information content (AvgIpc) is 3.30. The first-order valence-electron chi connectivity index (χ1n) is 8.47. The van der Waals surface area contributed by atoms with E-state index in [1.54, 1.807) is 11.6 Å². The molecule has 0 radical (unpaired) electrons. The zero-order valence-corrected chi connectivity index (χ0v) is 16.0. The summed E-state index contributed by atoms with van der Waals surface area (Å²) in [6.45, 7) is 2.29. The van der Waals surface area contributed by atoms with Gasteiger partial charge < -0.3 is 5.32 Å². The third-order valence-electron chi connectivity index (χ3n) is 4.26. The van der Waals surface area contributed by atoms with Gasteiger partial charge in [0.1, 0.15) is 16.7 Å². The van der Waals surface area contributed by atoms with Gasteiger partial charge in [-0.1, -0.05) is 23.2 Å². The van der Waals surface area contributed by atoms with Crippen LogP contribution in [0.4, 0.5) is 13.2 Å². The molecule has 0 unspecified atom stereocenters. The third kappa shape index (κ3) is 4.76. The van der Waals surface area contributed by atoms with Crippen molar-refractivity contribution >= 4 is 29.1 Å². The first-order valence-corrected chi connectivity index (χ1v) is 9.22. The molecule has 0 spiro atoms. The number of rotatable bonds is 7. The highest BCUT2D eigenvalue weighted by molar-refractivity contribution is 6.41. The topological polar surface area (TPSA) is 64.7 Å². The standard InChI is InChI=1S/C16H18Cl2F3N5O/c1-9-14(17)15(18)25(23-9)6-2-5-22-13(27)8-26-11(10-3-4-10)7-12(24-26)16(19,20)21/h7,10H,2-6,8H2,1H3,(H,22,27). The maximum absolute atomic E-state index is 12.9. The summed E-state index contributed by atoms with van der Waals surface area (Å²) >= 11 is 12.0. The first kappa shape index (κ1) is 20.0. The van der Waals surface area contributed by atoms with Crippen LogP contribution in [0.2, 0.25) is 10.2 Å². The molecule has 1 amide bonds. The number of alkyl halides is 3. The summed E-state index contributed by atoms with van der Waals surface area (Å²) in [5.74, 6) is -0.342. The van der Waals surface area contributed by atoms with Gasteiger partial charge in [-0.2, -0.15) is 23.4 Å². The summed E-state index contributed by atoms with van der Waals surface area (Å²) in [5, 5.41) is 11.2. The normalized spacial score (nSPS) is 14.6. The predicted octanol–water partition coefficient (Wildman–Crippen LogP) is 3.80. The highest BCUT2D eigenvalue weighted by Gasteiger charge is 2.38. The number of carbonyl (C=O) groups is 1. The van der Waals surface area contributed by atoms with Gasteiger partial charge in [0.25, 0.3) is 0 Å². The predicted molar refractivity (Wildman–Crippen MR) is 93.8 cm³/mol. The van der Waals surface area contributed by atoms with Gasteiger partial charge in [0.05, 0.1) is 5.69 Å². The van der Waals surface area contributed by atoms with Crippen molar-refractivity contribution in [1.29, 1.82) is 0 Å². The van der Waals surface area contributed by atoms with Crippen LogP contribution < -0.4 is 5.32 Å². The number of nitrogens with zero attached hydrogens (tertiary/aromatic N) is 4. The lowest BCUT2D eigenvalue weighted by molar-refractivity contribution is -0.141. The van der Waals surface area contributed by atoms with E-state index in [1.807, 2.05) is 0 Å². The van der Waals surface area contributed by atoms with E-state index in [-0.39, 0.29) is 12.5 Å². The lowest BCUT2D eigenvalue weighted by Crippen LogP contribution is -2.30. The molecule has 0 aliphatic heterocycles. The van der Waals surface area contributed by atoms with E-state index < -0.39 is 17.8 Å². The van der Waals surface area contributed by atoms with Crippen molar-refractivity contribution in [3.8, 4) is 0 Å². The fourth-order valence-electron chi connectivity index (χ4n) is 2.73. The Morgan fingerprint density at radius 2 is 2.00 bits per heavy atom. The molecule has 1 fully saturated rings. The molecule has 1 aliphatic rings. The van der Waals surface area contributed by atoms with Crippen molar-refractivity contribution in [2.75, 3.05) is 6.54 Å². The smallest absolute Gasteiger partial charge is 0.354 e. The van der Waals surface area contributed by atoms with E-state index in [4.69, 9.17) is 23.2 Å². The second-order valence-electron chi connectivity index (χ2n) is 6.50. The van der Waals surface area contributed by atoms with Crippen molar-refractivity contribution < 1.29 is 18.0 Å². The second kappa shape index (κ2) is 7.71. The summed E-state index contributed by atoms with van der Waals surface area (Å²) in [5.41, 5.74) is 0.126. The van der Waals surface area contributed by atoms with Crippen LogP contribution in [0.1, 0.15) is 42.3 Å². The van der Waals surface area contributed by atoms with E-state index in [1.165, 1.54) is 0 Å². The summed E-state index contributed by atoms with van der Waals surface area (Å²) in [4.78, 5) is 12.1. The van der Waals surface area contributed by atoms with Crippen LogP contribution >= 0.6 is 23.2 Å². The Morgan fingerprint density at radius 1 is 1.30 bits per heavy atom. The Morgan fingerprint density at radius 3 is 2.56 bits per heavy atom. The monoisotopic (exact) mass is 423 g/mol. The first-order chi connectivity index (χ1) is 12.7. The maximum atomic E-state index is 12.9. The van der Waals surface area contributed by atoms with Gasteiger partial charge in [-0.25, -0.2) is 0 Å². The fourth-order valence-corrected chi connectivity index (χ4v) is 3.13. The average molecular weight is 424 g/mol. The molecular formula is C16H18Cl2F3N5O. The summed E-state index contributed by atoms with van der Waals surface area (Å²) < 4.78 is 41.3. The molecule has 27 heavy (non-hydrogen) atoms. The number of halogens is 5. The number of aromatic nitrogens is 4. The van der Waals surface area contributed by atoms with Gasteiger partial charge in [-0.15, -0.1) is 0 Å². The van der Waals surface area contributed by atoms with Crippen LogP contribution in [0.25, 0.3) is 0 Å². The Balaban J connectivity index is 1.52. The highest BCUT2D eigenvalue weighted by atomic mass is 35.5. The molecule has 0 bridgehead atoms. The second-order valence-corrected chi connectivity index (χ2v) is 7.24. The molecule has 0 aromatic carbocycles. The summed E-state index contributed by atoms with van der Waals surface area (Å²) in [6.07, 6.45) is -2.34. The van der Waals surface area contributed by atoms with Crippen molar-refractivity contribution in [1.82, 2.24) is 24.9 Å². The summed E-state index contributed by atoms with van der Waals surface area (Å²) in [6, 6.07) is 1.04. The zero-order chi connectivity index (χ0) is 19.8. The molecular weight excluding hydrogens is 406 g/mol. The molecule has 11 heteroatoms. The number of hydrogen-bond donors (Lipinski definition) is 1. The largest absolute Gasteiger partial charge is 0.435 e. The van der Waals surface area contributed by atoms with Gasteiger partial charge in [-0.3, -0.25) is 14.2 Å². The number of amides is 1. The van der Waals surface area contributed by atoms with Crippen LogP contribution in [-0.2, 0) is 24.1 Å². The van der Waals surface area contributed by atoms with E-state index in [2.05, 4.69) is 15.5 Å². The minimum Gasteiger partial charge on any atom is -0.354 e. The molecule has 1 aliphatic carbocycles. The minimum absolute atomic E-state index is 0.0522. The fraction of sp³-hybridized carbons (Fsp3) is 0.562. The molecule has 6 nitrogen and oxygen atoms in total. The molecule has 2 aromatic heterocycles. The van der Waals surface area contributed by atoms with Crippen LogP contribution in [-0.4, -0.2) is 32.0 Å².